The molecule has 4 nitrogen and oxygen atoms in total. The zero-order chi connectivity index (χ0) is 20.6. The lowest BCUT2D eigenvalue weighted by Gasteiger charge is -2.37. The maximum Gasteiger partial charge on any atom is 0.250 e. The fourth-order valence-corrected chi connectivity index (χ4v) is 3.04. The predicted octanol–water partition coefficient (Wildman–Crippen LogP) is 6.50. The van der Waals surface area contributed by atoms with Crippen LogP contribution in [0.25, 0.3) is 0 Å². The first-order valence-electron chi connectivity index (χ1n) is 9.30. The Hall–Kier alpha value is -2.66. The van der Waals surface area contributed by atoms with E-state index in [0.717, 1.165) is 5.75 Å². The van der Waals surface area contributed by atoms with Crippen molar-refractivity contribution in [1.29, 1.82) is 0 Å². The van der Waals surface area contributed by atoms with Gasteiger partial charge < -0.3 is 18.6 Å². The van der Waals surface area contributed by atoms with Crippen LogP contribution in [0.4, 0.5) is 0 Å². The summed E-state index contributed by atoms with van der Waals surface area (Å²) in [6, 6.07) is 19.1. The van der Waals surface area contributed by atoms with E-state index in [9.17, 15) is 0 Å². The Balaban J connectivity index is 2.37. The van der Waals surface area contributed by atoms with Crippen molar-refractivity contribution in [2.24, 2.45) is 0 Å². The number of hydrogen-bond donors (Lipinski definition) is 0. The van der Waals surface area contributed by atoms with Crippen LogP contribution in [0.1, 0.15) is 20.8 Å². The molecule has 0 saturated carbocycles. The summed E-state index contributed by atoms with van der Waals surface area (Å²) in [4.78, 5) is 0. The summed E-state index contributed by atoms with van der Waals surface area (Å²) in [6.07, 6.45) is 3.12. The average molecular weight is 399 g/mol. The fraction of sp³-hybridized carbons (Fsp3) is 0.304. The van der Waals surface area contributed by atoms with E-state index < -0.39 is 8.32 Å². The molecule has 0 saturated heterocycles. The molecule has 2 rings (SSSR count). The van der Waals surface area contributed by atoms with E-state index in [0.29, 0.717) is 17.3 Å². The van der Waals surface area contributed by atoms with Crippen molar-refractivity contribution in [2.75, 3.05) is 7.11 Å². The van der Waals surface area contributed by atoms with E-state index in [1.54, 1.807) is 13.4 Å². The normalized spacial score (nSPS) is 13.1. The number of para-hydroxylation sites is 2. The van der Waals surface area contributed by atoms with Crippen LogP contribution in [-0.4, -0.2) is 15.4 Å². The number of ether oxygens (including phenoxy) is 3. The fourth-order valence-electron chi connectivity index (χ4n) is 2.04. The molecule has 0 fully saturated rings. The van der Waals surface area contributed by atoms with Gasteiger partial charge in [0, 0.05) is 0 Å². The molecule has 5 heteroatoms. The Morgan fingerprint density at radius 3 is 1.82 bits per heavy atom. The summed E-state index contributed by atoms with van der Waals surface area (Å²) in [5, 5.41) is 0.0176. The third-order valence-corrected chi connectivity index (χ3v) is 9.00. The lowest BCUT2D eigenvalue weighted by atomic mass is 10.2. The molecule has 0 bridgehead atoms. The molecule has 0 heterocycles. The maximum absolute atomic E-state index is 6.51. The quantitative estimate of drug-likeness (QED) is 0.289. The average Bonchev–Trinajstić information content (AvgIpc) is 2.65. The van der Waals surface area contributed by atoms with E-state index >= 15 is 0 Å². The van der Waals surface area contributed by atoms with E-state index in [2.05, 4.69) is 33.9 Å². The van der Waals surface area contributed by atoms with Gasteiger partial charge >= 0.3 is 0 Å². The second-order valence-corrected chi connectivity index (χ2v) is 12.6. The Labute approximate surface area is 169 Å². The summed E-state index contributed by atoms with van der Waals surface area (Å²) in [7, 11) is -0.560. The molecule has 0 aliphatic carbocycles. The molecule has 0 atom stereocenters. The van der Waals surface area contributed by atoms with Crippen LogP contribution < -0.4 is 9.47 Å². The Kier molecular flexibility index (Phi) is 7.35. The van der Waals surface area contributed by atoms with Gasteiger partial charge in [-0.3, -0.25) is 0 Å². The largest absolute Gasteiger partial charge is 0.539 e. The van der Waals surface area contributed by atoms with Gasteiger partial charge in [0.2, 0.25) is 5.76 Å². The van der Waals surface area contributed by atoms with Crippen molar-refractivity contribution in [3.8, 4) is 11.5 Å². The molecule has 0 N–H and O–H groups in total. The number of benzene rings is 2. The van der Waals surface area contributed by atoms with E-state index in [1.165, 1.54) is 6.26 Å². The molecular formula is C23H30O4Si. The first kappa shape index (κ1) is 21.6. The van der Waals surface area contributed by atoms with Gasteiger partial charge in [-0.1, -0.05) is 57.2 Å². The van der Waals surface area contributed by atoms with E-state index in [4.69, 9.17) is 18.6 Å². The van der Waals surface area contributed by atoms with Crippen molar-refractivity contribution in [3.63, 3.8) is 0 Å². The minimum Gasteiger partial charge on any atom is -0.539 e. The van der Waals surface area contributed by atoms with Gasteiger partial charge in [-0.2, -0.15) is 0 Å². The second-order valence-electron chi connectivity index (χ2n) is 7.91. The number of methoxy groups -OCH3 is 1. The molecule has 28 heavy (non-hydrogen) atoms. The summed E-state index contributed by atoms with van der Waals surface area (Å²) < 4.78 is 23.7. The third kappa shape index (κ3) is 6.20. The molecular weight excluding hydrogens is 368 g/mol. The Bertz CT molecular complexity index is 790. The zero-order valence-corrected chi connectivity index (χ0v) is 18.6. The lowest BCUT2D eigenvalue weighted by molar-refractivity contribution is 0.272. The van der Waals surface area contributed by atoms with Crippen LogP contribution in [0.2, 0.25) is 18.1 Å². The third-order valence-electron chi connectivity index (χ3n) is 4.66. The first-order valence-corrected chi connectivity index (χ1v) is 12.2. The van der Waals surface area contributed by atoms with Crippen molar-refractivity contribution in [1.82, 2.24) is 0 Å². The first-order chi connectivity index (χ1) is 13.2. The highest BCUT2D eigenvalue weighted by Gasteiger charge is 2.40. The van der Waals surface area contributed by atoms with Crippen LogP contribution in [-0.2, 0) is 9.16 Å². The molecule has 2 aromatic rings. The standard InChI is InChI=1S/C23H30O4Si/c1-23(2,3)28(5,6)27-22(18-25-19-13-9-7-10-14-19)21(17-24-4)26-20-15-11-8-12-16-20/h7-18H,1-6H3/b21-17+,22-18-. The van der Waals surface area contributed by atoms with Gasteiger partial charge in [0.1, 0.15) is 24.0 Å². The van der Waals surface area contributed by atoms with Gasteiger partial charge in [-0.25, -0.2) is 0 Å². The van der Waals surface area contributed by atoms with E-state index in [1.807, 2.05) is 60.7 Å². The van der Waals surface area contributed by atoms with E-state index in [-0.39, 0.29) is 5.04 Å². The molecule has 0 unspecified atom stereocenters. The second kappa shape index (κ2) is 9.51. The minimum atomic E-state index is -2.14. The van der Waals surface area contributed by atoms with Crippen molar-refractivity contribution in [3.05, 3.63) is 84.7 Å². The van der Waals surface area contributed by atoms with Gasteiger partial charge in [-0.05, 0) is 42.4 Å². The molecule has 0 spiro atoms. The van der Waals surface area contributed by atoms with Gasteiger partial charge in [0.25, 0.3) is 8.32 Å². The lowest BCUT2D eigenvalue weighted by Crippen LogP contribution is -2.41. The summed E-state index contributed by atoms with van der Waals surface area (Å²) in [5.74, 6) is 2.36. The van der Waals surface area contributed by atoms with Gasteiger partial charge in [0.05, 0.1) is 7.11 Å². The van der Waals surface area contributed by atoms with Crippen LogP contribution in [0.3, 0.4) is 0 Å². The molecule has 0 amide bonds. The Morgan fingerprint density at radius 1 is 0.786 bits per heavy atom. The van der Waals surface area contributed by atoms with Crippen LogP contribution in [0.15, 0.2) is 84.7 Å². The van der Waals surface area contributed by atoms with Crippen molar-refractivity contribution in [2.45, 2.75) is 38.9 Å². The SMILES string of the molecule is CO/C=C(Oc1ccccc1)\C(=C\Oc1ccccc1)O[Si](C)(C)C(C)(C)C. The predicted molar refractivity (Wildman–Crippen MR) is 116 cm³/mol. The number of hydrogen-bond acceptors (Lipinski definition) is 4. The van der Waals surface area contributed by atoms with Crippen LogP contribution >= 0.6 is 0 Å². The smallest absolute Gasteiger partial charge is 0.250 e. The molecule has 150 valence electrons. The minimum absolute atomic E-state index is 0.0176. The molecule has 2 aromatic carbocycles. The molecule has 0 aliphatic rings. The zero-order valence-electron chi connectivity index (χ0n) is 17.6. The summed E-state index contributed by atoms with van der Waals surface area (Å²) in [5.41, 5.74) is 0. The maximum atomic E-state index is 6.51. The van der Waals surface area contributed by atoms with Gasteiger partial charge in [0.15, 0.2) is 5.76 Å². The summed E-state index contributed by atoms with van der Waals surface area (Å²) in [6.45, 7) is 10.9. The topological polar surface area (TPSA) is 36.9 Å². The molecule has 0 aromatic heterocycles. The highest BCUT2D eigenvalue weighted by Crippen LogP contribution is 2.39. The number of rotatable bonds is 8. The van der Waals surface area contributed by atoms with Crippen molar-refractivity contribution < 1.29 is 18.6 Å². The highest BCUT2D eigenvalue weighted by molar-refractivity contribution is 6.74. The summed E-state index contributed by atoms with van der Waals surface area (Å²) >= 11 is 0. The Morgan fingerprint density at radius 2 is 1.32 bits per heavy atom. The molecule has 0 radical (unpaired) electrons. The van der Waals surface area contributed by atoms with Crippen LogP contribution in [0.5, 0.6) is 11.5 Å². The monoisotopic (exact) mass is 398 g/mol. The molecule has 0 aliphatic heterocycles. The van der Waals surface area contributed by atoms with Gasteiger partial charge in [-0.15, -0.1) is 0 Å². The van der Waals surface area contributed by atoms with Crippen molar-refractivity contribution >= 4 is 8.32 Å². The van der Waals surface area contributed by atoms with Crippen LogP contribution in [0, 0.1) is 0 Å². The highest BCUT2D eigenvalue weighted by atomic mass is 28.4.